The number of aliphatic carboxylic acids is 4. The molecule has 0 N–H and O–H groups in total. The van der Waals surface area contributed by atoms with Gasteiger partial charge in [-0.3, -0.25) is 0 Å². The molecule has 24 heavy (non-hydrogen) atoms. The van der Waals surface area contributed by atoms with E-state index in [0.717, 1.165) is 0 Å². The van der Waals surface area contributed by atoms with Crippen LogP contribution in [-0.4, -0.2) is 95.6 Å². The summed E-state index contributed by atoms with van der Waals surface area (Å²) in [6.07, 6.45) is 1.07. The predicted molar refractivity (Wildman–Crippen MR) is 74.2 cm³/mol. The van der Waals surface area contributed by atoms with Crippen LogP contribution in [0.25, 0.3) is 0 Å². The maximum absolute atomic E-state index is 9.77. The average Bonchev–Trinajstić information content (AvgIpc) is 2.30. The van der Waals surface area contributed by atoms with E-state index in [9.17, 15) is 39.6 Å². The molecule has 0 unspecified atom stereocenters. The Bertz CT molecular complexity index is 283. The number of carboxylic acids is 4. The van der Waals surface area contributed by atoms with Crippen LogP contribution in [0, 0.1) is 0 Å². The summed E-state index contributed by atoms with van der Waals surface area (Å²) >= 11 is 0. The van der Waals surface area contributed by atoms with Crippen LogP contribution in [0.2, 0.25) is 0 Å². The third-order valence-electron chi connectivity index (χ3n) is 2.02. The van der Waals surface area contributed by atoms with E-state index in [0.29, 0.717) is 25.7 Å². The van der Waals surface area contributed by atoms with Crippen molar-refractivity contribution in [2.45, 2.75) is 51.4 Å². The van der Waals surface area contributed by atoms with Gasteiger partial charge in [-0.2, -0.15) is 0 Å². The molecule has 0 bridgehead atoms. The maximum Gasteiger partial charge on any atom is 2.00 e. The fraction of sp³-hybridized carbons (Fsp3) is 0.667. The number of hydrogen-bond donors (Lipinski definition) is 0. The number of rotatable bonds is 10. The Kier molecular flexibility index (Phi) is 49.7. The minimum Gasteiger partial charge on any atom is -1.00 e. The van der Waals surface area contributed by atoms with Crippen molar-refractivity contribution >= 4 is 95.6 Å². The first kappa shape index (κ1) is 40.4. The Morgan fingerprint density at radius 1 is 0.542 bits per heavy atom. The molecule has 0 aliphatic heterocycles. The average molecular weight is 420 g/mol. The van der Waals surface area contributed by atoms with Crippen LogP contribution in [0.4, 0.5) is 0 Å². The van der Waals surface area contributed by atoms with E-state index in [1.54, 1.807) is 0 Å². The van der Waals surface area contributed by atoms with Gasteiger partial charge in [0.2, 0.25) is 0 Å². The summed E-state index contributed by atoms with van der Waals surface area (Å²) in [5.74, 6) is -4.56. The first-order chi connectivity index (χ1) is 9.25. The summed E-state index contributed by atoms with van der Waals surface area (Å²) in [7, 11) is 0. The van der Waals surface area contributed by atoms with E-state index >= 15 is 0 Å². The van der Waals surface area contributed by atoms with Gasteiger partial charge < -0.3 is 50.6 Å². The first-order valence-corrected chi connectivity index (χ1v) is 6.05. The molecule has 0 aromatic heterocycles. The summed E-state index contributed by atoms with van der Waals surface area (Å²) in [5, 5.41) is 39.1. The van der Waals surface area contributed by atoms with Gasteiger partial charge in [-0.25, -0.2) is 0 Å². The van der Waals surface area contributed by atoms with E-state index in [4.69, 9.17) is 0 Å². The van der Waals surface area contributed by atoms with Crippen molar-refractivity contribution in [1.29, 1.82) is 0 Å². The molecular formula is C12H16CaKMgO8Si. The predicted octanol–water partition coefficient (Wildman–Crippen LogP) is -8.05. The molecule has 0 aromatic rings. The van der Waals surface area contributed by atoms with Crippen molar-refractivity contribution in [3.8, 4) is 0 Å². The zero-order valence-electron chi connectivity index (χ0n) is 13.8. The molecular weight excluding hydrogens is 404 g/mol. The Hall–Kier alpha value is 1.76. The van der Waals surface area contributed by atoms with Crippen molar-refractivity contribution < 1.29 is 91.0 Å². The second-order valence-corrected chi connectivity index (χ2v) is 3.90. The molecule has 121 valence electrons. The van der Waals surface area contributed by atoms with Gasteiger partial charge in [0.15, 0.2) is 0 Å². The van der Waals surface area contributed by atoms with Crippen LogP contribution >= 0.6 is 0 Å². The molecule has 0 amide bonds. The molecule has 3 radical (unpaired) electrons. The van der Waals surface area contributed by atoms with Crippen molar-refractivity contribution in [2.24, 2.45) is 0 Å². The van der Waals surface area contributed by atoms with Crippen LogP contribution in [0.5, 0.6) is 0 Å². The van der Waals surface area contributed by atoms with E-state index in [1.165, 1.54) is 0 Å². The van der Waals surface area contributed by atoms with Crippen molar-refractivity contribution in [1.82, 2.24) is 0 Å². The van der Waals surface area contributed by atoms with E-state index in [1.807, 2.05) is 0 Å². The van der Waals surface area contributed by atoms with Gasteiger partial charge in [0.25, 0.3) is 0 Å². The fourth-order valence-corrected chi connectivity index (χ4v) is 1.08. The van der Waals surface area contributed by atoms with Gasteiger partial charge in [-0.1, -0.05) is 0 Å². The first-order valence-electron chi connectivity index (χ1n) is 6.05. The van der Waals surface area contributed by atoms with Crippen LogP contribution in [0.1, 0.15) is 51.4 Å². The van der Waals surface area contributed by atoms with E-state index in [2.05, 4.69) is 0 Å². The second kappa shape index (κ2) is 29.5. The van der Waals surface area contributed by atoms with Gasteiger partial charge in [0, 0.05) is 23.9 Å². The molecule has 0 spiro atoms. The van der Waals surface area contributed by atoms with Crippen LogP contribution in [0.3, 0.4) is 0 Å². The van der Waals surface area contributed by atoms with E-state index in [-0.39, 0.29) is 149 Å². The summed E-state index contributed by atoms with van der Waals surface area (Å²) < 4.78 is 0. The van der Waals surface area contributed by atoms with Crippen LogP contribution in [0.15, 0.2) is 0 Å². The second-order valence-electron chi connectivity index (χ2n) is 3.90. The number of hydrogen-bond acceptors (Lipinski definition) is 8. The number of carbonyl (C=O) groups excluding carboxylic acids is 4. The van der Waals surface area contributed by atoms with Crippen molar-refractivity contribution in [3.05, 3.63) is 0 Å². The maximum atomic E-state index is 9.77. The molecule has 12 heteroatoms. The van der Waals surface area contributed by atoms with Gasteiger partial charge in [0.05, 0.1) is 0 Å². The van der Waals surface area contributed by atoms with Gasteiger partial charge in [-0.15, -0.1) is 0 Å². The molecule has 0 rings (SSSR count). The zero-order valence-corrected chi connectivity index (χ0v) is 21.6. The number of carboxylic acid groups (broad SMARTS) is 4. The van der Waals surface area contributed by atoms with Gasteiger partial charge in [0.1, 0.15) is 0 Å². The third-order valence-corrected chi connectivity index (χ3v) is 2.02. The molecule has 0 aromatic carbocycles. The van der Waals surface area contributed by atoms with Crippen LogP contribution in [-0.2, 0) is 19.2 Å². The van der Waals surface area contributed by atoms with Crippen molar-refractivity contribution in [2.75, 3.05) is 0 Å². The fourth-order valence-electron chi connectivity index (χ4n) is 1.08. The normalized spacial score (nSPS) is 7.67. The molecule has 0 aliphatic carbocycles. The Morgan fingerprint density at radius 2 is 0.667 bits per heavy atom. The standard InChI is InChI=1S/2C6H10O4.Ca.K.Mg.Si/c2*7-5(8)3-1-2-4-6(9)10;;;;/h2*1-4H2,(H,7,8)(H,9,10);;;;/q;;+2;+1;+2;-1/p-4. The largest absolute Gasteiger partial charge is 2.00 e. The Morgan fingerprint density at radius 3 is 0.750 bits per heavy atom. The smallest absolute Gasteiger partial charge is 1.00 e. The minimum atomic E-state index is -1.14. The van der Waals surface area contributed by atoms with E-state index < -0.39 is 23.9 Å². The quantitative estimate of drug-likeness (QED) is 0.249. The number of unbranched alkanes of at least 4 members (excludes halogenated alkanes) is 2. The summed E-state index contributed by atoms with van der Waals surface area (Å²) in [4.78, 5) is 39.1. The monoisotopic (exact) mass is 419 g/mol. The summed E-state index contributed by atoms with van der Waals surface area (Å²) in [6.45, 7) is 0. The summed E-state index contributed by atoms with van der Waals surface area (Å²) in [6, 6.07) is 0. The molecule has 8 nitrogen and oxygen atoms in total. The molecule has 0 heterocycles. The Labute approximate surface area is 234 Å². The molecule has 0 fully saturated rings. The topological polar surface area (TPSA) is 161 Å². The molecule has 0 aliphatic rings. The van der Waals surface area contributed by atoms with Crippen LogP contribution < -0.4 is 71.8 Å². The minimum absolute atomic E-state index is 0. The summed E-state index contributed by atoms with van der Waals surface area (Å²) in [5.41, 5.74) is 0. The van der Waals surface area contributed by atoms with Gasteiger partial charge in [-0.05, 0) is 51.4 Å². The Balaban J connectivity index is -0.0000000579. The zero-order chi connectivity index (χ0) is 16.0. The van der Waals surface area contributed by atoms with Crippen molar-refractivity contribution in [3.63, 3.8) is 0 Å². The molecule has 0 saturated heterocycles. The third kappa shape index (κ3) is 49.6. The molecule has 0 atom stereocenters. The molecule has 0 saturated carbocycles. The SMILES string of the molecule is O=C([O-])CCCCC(=O)[O-].O=C([O-])CCCCC(=O)[O-].[Ca+2].[K+].[Mg+2].[Si-]. The van der Waals surface area contributed by atoms with Gasteiger partial charge >= 0.3 is 112 Å². The number of carbonyl (C=O) groups is 4.